The number of nitrogens with zero attached hydrogens (tertiary/aromatic N) is 2. The highest BCUT2D eigenvalue weighted by Gasteiger charge is 2.36. The Hall–Kier alpha value is -2.02. The van der Waals surface area contributed by atoms with E-state index in [4.69, 9.17) is 4.74 Å². The summed E-state index contributed by atoms with van der Waals surface area (Å²) in [4.78, 5) is 28.6. The number of ether oxygens (including phenoxy) is 1. The number of benzene rings is 1. The molecule has 1 aromatic carbocycles. The van der Waals surface area contributed by atoms with Crippen molar-refractivity contribution in [3.05, 3.63) is 35.4 Å². The Bertz CT molecular complexity index is 683. The fraction of sp³-hybridized carbons (Fsp3) is 0.579. The Morgan fingerprint density at radius 3 is 2.73 bits per heavy atom. The number of hydrogen-bond acceptors (Lipinski definition) is 3. The van der Waals surface area contributed by atoms with Crippen LogP contribution in [0.5, 0.6) is 0 Å². The highest BCUT2D eigenvalue weighted by atomic mass is 19.2. The van der Waals surface area contributed by atoms with Gasteiger partial charge in [0.25, 0.3) is 0 Å². The lowest BCUT2D eigenvalue weighted by Crippen LogP contribution is -2.55. The van der Waals surface area contributed by atoms with Crippen molar-refractivity contribution in [1.29, 1.82) is 0 Å². The van der Waals surface area contributed by atoms with Gasteiger partial charge in [-0.1, -0.05) is 13.0 Å². The Labute approximate surface area is 151 Å². The van der Waals surface area contributed by atoms with Crippen molar-refractivity contribution in [1.82, 2.24) is 9.80 Å². The summed E-state index contributed by atoms with van der Waals surface area (Å²) in [7, 11) is 0. The lowest BCUT2D eigenvalue weighted by Gasteiger charge is -2.40. The van der Waals surface area contributed by atoms with Gasteiger partial charge in [0.05, 0.1) is 13.2 Å². The Morgan fingerprint density at radius 1 is 1.19 bits per heavy atom. The molecular weight excluding hydrogens is 342 g/mol. The van der Waals surface area contributed by atoms with Crippen LogP contribution in [-0.2, 0) is 14.3 Å². The maximum atomic E-state index is 13.5. The maximum absolute atomic E-state index is 13.5. The van der Waals surface area contributed by atoms with Gasteiger partial charge < -0.3 is 14.5 Å². The molecule has 142 valence electrons. The standard InChI is InChI=1S/C19H24F2N2O3/c1-2-18(24)23-8-4-3-5-16(23)19(25)22-9-10-26-17(12-22)13-6-7-14(20)15(21)11-13/h6-7,11,16-17H,2-5,8-10,12H2,1H3. The SMILES string of the molecule is CCC(=O)N1CCCCC1C(=O)N1CCOC(c2ccc(F)c(F)c2)C1. The van der Waals surface area contributed by atoms with Gasteiger partial charge in [0.2, 0.25) is 11.8 Å². The molecule has 0 bridgehead atoms. The summed E-state index contributed by atoms with van der Waals surface area (Å²) >= 11 is 0. The normalized spacial score (nSPS) is 23.8. The smallest absolute Gasteiger partial charge is 0.245 e. The van der Waals surface area contributed by atoms with E-state index >= 15 is 0 Å². The van der Waals surface area contributed by atoms with Gasteiger partial charge >= 0.3 is 0 Å². The molecule has 26 heavy (non-hydrogen) atoms. The van der Waals surface area contributed by atoms with Crippen molar-refractivity contribution in [3.63, 3.8) is 0 Å². The van der Waals surface area contributed by atoms with Crippen LogP contribution in [0.3, 0.4) is 0 Å². The van der Waals surface area contributed by atoms with E-state index in [1.54, 1.807) is 16.7 Å². The molecule has 1 aromatic rings. The minimum absolute atomic E-state index is 0.00605. The minimum Gasteiger partial charge on any atom is -0.370 e. The highest BCUT2D eigenvalue weighted by molar-refractivity contribution is 5.88. The van der Waals surface area contributed by atoms with Crippen molar-refractivity contribution < 1.29 is 23.1 Å². The molecule has 2 fully saturated rings. The van der Waals surface area contributed by atoms with Gasteiger partial charge in [-0.05, 0) is 37.0 Å². The van der Waals surface area contributed by atoms with E-state index in [2.05, 4.69) is 0 Å². The second kappa shape index (κ2) is 8.12. The van der Waals surface area contributed by atoms with Crippen LogP contribution in [0.2, 0.25) is 0 Å². The molecule has 7 heteroatoms. The van der Waals surface area contributed by atoms with Crippen LogP contribution >= 0.6 is 0 Å². The predicted molar refractivity (Wildman–Crippen MR) is 91.3 cm³/mol. The van der Waals surface area contributed by atoms with E-state index in [-0.39, 0.29) is 18.4 Å². The van der Waals surface area contributed by atoms with E-state index in [9.17, 15) is 18.4 Å². The fourth-order valence-corrected chi connectivity index (χ4v) is 3.66. The summed E-state index contributed by atoms with van der Waals surface area (Å²) < 4.78 is 32.3. The summed E-state index contributed by atoms with van der Waals surface area (Å²) in [6.45, 7) is 3.44. The Morgan fingerprint density at radius 2 is 2.00 bits per heavy atom. The van der Waals surface area contributed by atoms with Crippen LogP contribution in [0.1, 0.15) is 44.3 Å². The van der Waals surface area contributed by atoms with E-state index in [1.807, 2.05) is 0 Å². The predicted octanol–water partition coefficient (Wildman–Crippen LogP) is 2.66. The quantitative estimate of drug-likeness (QED) is 0.826. The molecule has 0 saturated carbocycles. The Kier molecular flexibility index (Phi) is 5.86. The number of piperidine rings is 1. The van der Waals surface area contributed by atoms with Gasteiger partial charge in [-0.15, -0.1) is 0 Å². The minimum atomic E-state index is -0.929. The number of hydrogen-bond donors (Lipinski definition) is 0. The molecule has 0 aromatic heterocycles. The zero-order valence-electron chi connectivity index (χ0n) is 14.9. The number of rotatable bonds is 3. The van der Waals surface area contributed by atoms with Crippen LogP contribution < -0.4 is 0 Å². The molecule has 2 amide bonds. The molecule has 3 rings (SSSR count). The third kappa shape index (κ3) is 3.87. The number of halogens is 2. The lowest BCUT2D eigenvalue weighted by molar-refractivity contribution is -0.152. The van der Waals surface area contributed by atoms with Crippen molar-refractivity contribution in [2.45, 2.75) is 44.8 Å². The summed E-state index contributed by atoms with van der Waals surface area (Å²) in [5.41, 5.74) is 0.506. The molecule has 5 nitrogen and oxygen atoms in total. The highest BCUT2D eigenvalue weighted by Crippen LogP contribution is 2.26. The average molecular weight is 366 g/mol. The van der Waals surface area contributed by atoms with Crippen LogP contribution in [0, 0.1) is 11.6 Å². The van der Waals surface area contributed by atoms with Gasteiger partial charge in [-0.2, -0.15) is 0 Å². The maximum Gasteiger partial charge on any atom is 0.245 e. The summed E-state index contributed by atoms with van der Waals surface area (Å²) in [6, 6.07) is 3.23. The molecular formula is C19H24F2N2O3. The van der Waals surface area contributed by atoms with Crippen molar-refractivity contribution >= 4 is 11.8 Å². The van der Waals surface area contributed by atoms with Gasteiger partial charge in [0.15, 0.2) is 11.6 Å². The summed E-state index contributed by atoms with van der Waals surface area (Å²) in [6.07, 6.45) is 2.38. The lowest BCUT2D eigenvalue weighted by atomic mass is 9.99. The molecule has 0 radical (unpaired) electrons. The Balaban J connectivity index is 1.72. The van der Waals surface area contributed by atoms with E-state index < -0.39 is 23.8 Å². The molecule has 2 saturated heterocycles. The first-order valence-electron chi connectivity index (χ1n) is 9.16. The van der Waals surface area contributed by atoms with Crippen LogP contribution in [0.4, 0.5) is 8.78 Å². The van der Waals surface area contributed by atoms with Crippen LogP contribution in [-0.4, -0.2) is 53.9 Å². The molecule has 2 heterocycles. The van der Waals surface area contributed by atoms with Gasteiger partial charge in [-0.3, -0.25) is 9.59 Å². The molecule has 2 aliphatic heterocycles. The van der Waals surface area contributed by atoms with Gasteiger partial charge in [0, 0.05) is 19.5 Å². The molecule has 2 unspecified atom stereocenters. The molecule has 0 spiro atoms. The average Bonchev–Trinajstić information content (AvgIpc) is 2.69. The third-order valence-corrected chi connectivity index (χ3v) is 5.10. The molecule has 0 aliphatic carbocycles. The first-order chi connectivity index (χ1) is 12.5. The summed E-state index contributed by atoms with van der Waals surface area (Å²) in [5.74, 6) is -1.93. The first kappa shape index (κ1) is 18.8. The van der Waals surface area contributed by atoms with Crippen LogP contribution in [0.25, 0.3) is 0 Å². The zero-order valence-corrected chi connectivity index (χ0v) is 14.9. The third-order valence-electron chi connectivity index (χ3n) is 5.10. The van der Waals surface area contributed by atoms with Crippen molar-refractivity contribution in [2.75, 3.05) is 26.2 Å². The van der Waals surface area contributed by atoms with E-state index in [0.29, 0.717) is 38.1 Å². The second-order valence-corrected chi connectivity index (χ2v) is 6.77. The molecule has 2 atom stereocenters. The number of likely N-dealkylation sites (tertiary alicyclic amines) is 1. The fourth-order valence-electron chi connectivity index (χ4n) is 3.66. The van der Waals surface area contributed by atoms with E-state index in [1.165, 1.54) is 6.07 Å². The zero-order chi connectivity index (χ0) is 18.7. The summed E-state index contributed by atoms with van der Waals surface area (Å²) in [5, 5.41) is 0. The van der Waals surface area contributed by atoms with Crippen molar-refractivity contribution in [2.24, 2.45) is 0 Å². The van der Waals surface area contributed by atoms with Gasteiger partial charge in [0.1, 0.15) is 12.1 Å². The van der Waals surface area contributed by atoms with Gasteiger partial charge in [-0.25, -0.2) is 8.78 Å². The first-order valence-corrected chi connectivity index (χ1v) is 9.16. The van der Waals surface area contributed by atoms with Crippen molar-refractivity contribution in [3.8, 4) is 0 Å². The monoisotopic (exact) mass is 366 g/mol. The number of carbonyl (C=O) groups is 2. The van der Waals surface area contributed by atoms with Crippen LogP contribution in [0.15, 0.2) is 18.2 Å². The topological polar surface area (TPSA) is 49.9 Å². The second-order valence-electron chi connectivity index (χ2n) is 6.77. The van der Waals surface area contributed by atoms with E-state index in [0.717, 1.165) is 25.0 Å². The molecule has 2 aliphatic rings. The number of amides is 2. The number of morpholine rings is 1. The largest absolute Gasteiger partial charge is 0.370 e. The molecule has 0 N–H and O–H groups in total. The number of carbonyl (C=O) groups excluding carboxylic acids is 2.